The minimum absolute atomic E-state index is 0.115. The molecule has 2 aromatic carbocycles. The number of rotatable bonds is 5. The van der Waals surface area contributed by atoms with Gasteiger partial charge in [0, 0.05) is 12.6 Å². The minimum atomic E-state index is 0.115. The first kappa shape index (κ1) is 15.6. The fourth-order valence-electron chi connectivity index (χ4n) is 2.61. The first-order valence-electron chi connectivity index (χ1n) is 7.68. The molecule has 0 aliphatic heterocycles. The first-order valence-corrected chi connectivity index (χ1v) is 8.41. The number of benzene rings is 2. The second kappa shape index (κ2) is 6.87. The zero-order valence-corrected chi connectivity index (χ0v) is 14.1. The highest BCUT2D eigenvalue weighted by Gasteiger charge is 2.19. The summed E-state index contributed by atoms with van der Waals surface area (Å²) in [6.45, 7) is 4.72. The summed E-state index contributed by atoms with van der Waals surface area (Å²) in [6, 6.07) is 16.1. The van der Waals surface area contributed by atoms with E-state index in [1.54, 1.807) is 0 Å². The summed E-state index contributed by atoms with van der Waals surface area (Å²) in [5.41, 5.74) is 3.79. The van der Waals surface area contributed by atoms with E-state index < -0.39 is 0 Å². The Bertz CT molecular complexity index is 798. The number of carbonyl (C=O) groups excluding carboxylic acids is 1. The molecular weight excluding hydrogens is 306 g/mol. The normalized spacial score (nSPS) is 11.1. The van der Waals surface area contributed by atoms with Crippen LogP contribution in [0.3, 0.4) is 0 Å². The van der Waals surface area contributed by atoms with Crippen LogP contribution in [0, 0.1) is 0 Å². The third-order valence-corrected chi connectivity index (χ3v) is 4.39. The maximum Gasteiger partial charge on any atom is 0.227 e. The highest BCUT2D eigenvalue weighted by atomic mass is 32.1. The van der Waals surface area contributed by atoms with Crippen molar-refractivity contribution in [3.63, 3.8) is 0 Å². The molecule has 0 N–H and O–H groups in total. The molecular formula is C18H19N3OS. The van der Waals surface area contributed by atoms with Crippen LogP contribution in [-0.2, 0) is 17.8 Å². The Morgan fingerprint density at radius 1 is 1.09 bits per heavy atom. The number of fused-ring (bicyclic) bond motifs is 1. The number of hydrogen-bond acceptors (Lipinski definition) is 4. The molecule has 0 fully saturated rings. The van der Waals surface area contributed by atoms with Crippen LogP contribution in [0.25, 0.3) is 11.0 Å². The smallest absolute Gasteiger partial charge is 0.227 e. The van der Waals surface area contributed by atoms with E-state index in [-0.39, 0.29) is 11.9 Å². The third-order valence-electron chi connectivity index (χ3n) is 3.85. The van der Waals surface area contributed by atoms with Crippen LogP contribution in [0.15, 0.2) is 48.5 Å². The summed E-state index contributed by atoms with van der Waals surface area (Å²) < 4.78 is 8.56. The van der Waals surface area contributed by atoms with Gasteiger partial charge in [0.2, 0.25) is 5.91 Å². The van der Waals surface area contributed by atoms with Crippen LogP contribution < -0.4 is 0 Å². The Balaban J connectivity index is 1.80. The van der Waals surface area contributed by atoms with Crippen LogP contribution in [0.1, 0.15) is 25.0 Å². The van der Waals surface area contributed by atoms with E-state index in [9.17, 15) is 4.79 Å². The lowest BCUT2D eigenvalue weighted by atomic mass is 10.1. The topological polar surface area (TPSA) is 46.1 Å². The molecule has 1 aromatic heterocycles. The largest absolute Gasteiger partial charge is 0.336 e. The SMILES string of the molecule is CC(C)N(Cc1ccccc1)C(=O)Cc1cccc2nsnc12. The predicted molar refractivity (Wildman–Crippen MR) is 93.2 cm³/mol. The molecule has 0 aliphatic carbocycles. The molecule has 0 spiro atoms. The van der Waals surface area contributed by atoms with Gasteiger partial charge in [-0.2, -0.15) is 8.75 Å². The maximum absolute atomic E-state index is 12.8. The van der Waals surface area contributed by atoms with E-state index in [1.807, 2.05) is 67.3 Å². The quantitative estimate of drug-likeness (QED) is 0.719. The van der Waals surface area contributed by atoms with Crippen molar-refractivity contribution in [3.05, 3.63) is 59.7 Å². The molecule has 0 aliphatic rings. The lowest BCUT2D eigenvalue weighted by Crippen LogP contribution is -2.37. The van der Waals surface area contributed by atoms with Gasteiger partial charge < -0.3 is 4.90 Å². The van der Waals surface area contributed by atoms with E-state index in [0.29, 0.717) is 13.0 Å². The van der Waals surface area contributed by atoms with E-state index in [2.05, 4.69) is 8.75 Å². The van der Waals surface area contributed by atoms with Crippen LogP contribution in [0.2, 0.25) is 0 Å². The zero-order valence-electron chi connectivity index (χ0n) is 13.3. The van der Waals surface area contributed by atoms with Crippen molar-refractivity contribution in [2.45, 2.75) is 32.9 Å². The summed E-state index contributed by atoms with van der Waals surface area (Å²) in [6.07, 6.45) is 0.355. The van der Waals surface area contributed by atoms with Gasteiger partial charge in [0.15, 0.2) is 0 Å². The van der Waals surface area contributed by atoms with E-state index >= 15 is 0 Å². The van der Waals surface area contributed by atoms with Crippen LogP contribution in [-0.4, -0.2) is 25.6 Å². The van der Waals surface area contributed by atoms with Gasteiger partial charge >= 0.3 is 0 Å². The van der Waals surface area contributed by atoms with Crippen LogP contribution >= 0.6 is 11.7 Å². The van der Waals surface area contributed by atoms with Crippen molar-refractivity contribution >= 4 is 28.7 Å². The van der Waals surface area contributed by atoms with Crippen LogP contribution in [0.4, 0.5) is 0 Å². The summed E-state index contributed by atoms with van der Waals surface area (Å²) in [7, 11) is 0. The molecule has 5 heteroatoms. The standard InChI is InChI=1S/C18H19N3OS/c1-13(2)21(12-14-7-4-3-5-8-14)17(22)11-15-9-6-10-16-18(15)20-23-19-16/h3-10,13H,11-12H2,1-2H3. The summed E-state index contributed by atoms with van der Waals surface area (Å²) in [5.74, 6) is 0.115. The van der Waals surface area contributed by atoms with Gasteiger partial charge in [0.05, 0.1) is 18.1 Å². The van der Waals surface area contributed by atoms with Crippen molar-refractivity contribution in [2.24, 2.45) is 0 Å². The average Bonchev–Trinajstić information content (AvgIpc) is 3.03. The lowest BCUT2D eigenvalue weighted by Gasteiger charge is -2.27. The summed E-state index contributed by atoms with van der Waals surface area (Å²) in [5, 5.41) is 0. The summed E-state index contributed by atoms with van der Waals surface area (Å²) in [4.78, 5) is 14.7. The molecule has 3 rings (SSSR count). The van der Waals surface area contributed by atoms with Crippen LogP contribution in [0.5, 0.6) is 0 Å². The number of carbonyl (C=O) groups is 1. The molecule has 4 nitrogen and oxygen atoms in total. The molecule has 23 heavy (non-hydrogen) atoms. The highest BCUT2D eigenvalue weighted by Crippen LogP contribution is 2.19. The Kier molecular flexibility index (Phi) is 4.67. The third kappa shape index (κ3) is 3.56. The Labute approximate surface area is 140 Å². The van der Waals surface area contributed by atoms with E-state index in [4.69, 9.17) is 0 Å². The fraction of sp³-hybridized carbons (Fsp3) is 0.278. The molecule has 0 radical (unpaired) electrons. The number of hydrogen-bond donors (Lipinski definition) is 0. The molecule has 0 bridgehead atoms. The molecule has 3 aromatic rings. The van der Waals surface area contributed by atoms with Crippen molar-refractivity contribution in [1.29, 1.82) is 0 Å². The molecule has 118 valence electrons. The number of nitrogens with zero attached hydrogens (tertiary/aromatic N) is 3. The fourth-order valence-corrected chi connectivity index (χ4v) is 3.18. The van der Waals surface area contributed by atoms with E-state index in [1.165, 1.54) is 11.7 Å². The molecule has 0 saturated heterocycles. The van der Waals surface area contributed by atoms with Gasteiger partial charge in [0.1, 0.15) is 11.0 Å². The zero-order chi connectivity index (χ0) is 16.2. The Hall–Kier alpha value is -2.27. The van der Waals surface area contributed by atoms with Gasteiger partial charge in [-0.25, -0.2) is 0 Å². The highest BCUT2D eigenvalue weighted by molar-refractivity contribution is 7.00. The molecule has 0 saturated carbocycles. The van der Waals surface area contributed by atoms with Crippen molar-refractivity contribution in [1.82, 2.24) is 13.6 Å². The second-order valence-electron chi connectivity index (χ2n) is 5.83. The van der Waals surface area contributed by atoms with Crippen molar-refractivity contribution < 1.29 is 4.79 Å². The van der Waals surface area contributed by atoms with Crippen molar-refractivity contribution in [2.75, 3.05) is 0 Å². The molecule has 1 amide bonds. The molecule has 0 atom stereocenters. The lowest BCUT2D eigenvalue weighted by molar-refractivity contribution is -0.132. The minimum Gasteiger partial charge on any atom is -0.336 e. The average molecular weight is 325 g/mol. The Morgan fingerprint density at radius 2 is 1.87 bits per heavy atom. The van der Waals surface area contributed by atoms with Gasteiger partial charge in [-0.05, 0) is 31.0 Å². The van der Waals surface area contributed by atoms with Crippen molar-refractivity contribution in [3.8, 4) is 0 Å². The monoisotopic (exact) mass is 325 g/mol. The van der Waals surface area contributed by atoms with Gasteiger partial charge in [-0.1, -0.05) is 42.5 Å². The predicted octanol–water partition coefficient (Wildman–Crippen LogP) is 3.67. The summed E-state index contributed by atoms with van der Waals surface area (Å²) >= 11 is 1.19. The Morgan fingerprint density at radius 3 is 2.61 bits per heavy atom. The van der Waals surface area contributed by atoms with Gasteiger partial charge in [-0.15, -0.1) is 0 Å². The van der Waals surface area contributed by atoms with E-state index in [0.717, 1.165) is 22.2 Å². The molecule has 0 unspecified atom stereocenters. The number of amides is 1. The first-order chi connectivity index (χ1) is 11.1. The van der Waals surface area contributed by atoms with Gasteiger partial charge in [0.25, 0.3) is 0 Å². The second-order valence-corrected chi connectivity index (χ2v) is 6.36. The van der Waals surface area contributed by atoms with Gasteiger partial charge in [-0.3, -0.25) is 4.79 Å². The molecule has 1 heterocycles. The maximum atomic E-state index is 12.8. The number of aromatic nitrogens is 2.